The fraction of sp³-hybridized carbons (Fsp3) is 0.308. The molecule has 4 rings (SSSR count). The first kappa shape index (κ1) is 24.3. The van der Waals surface area contributed by atoms with Crippen LogP contribution < -0.4 is 15.6 Å². The molecule has 0 bridgehead atoms. The van der Waals surface area contributed by atoms with Gasteiger partial charge in [0.25, 0.3) is 5.82 Å². The number of fused-ring (bicyclic) bond motifs is 2. The number of aryl methyl sites for hydroxylation is 2. The zero-order valence-electron chi connectivity index (χ0n) is 19.2. The number of halogens is 2. The molecule has 0 unspecified atom stereocenters. The second kappa shape index (κ2) is 11.1. The summed E-state index contributed by atoms with van der Waals surface area (Å²) >= 11 is 12.7. The van der Waals surface area contributed by atoms with Gasteiger partial charge in [-0.2, -0.15) is 0 Å². The third kappa shape index (κ3) is 5.46. The van der Waals surface area contributed by atoms with Crippen molar-refractivity contribution in [1.82, 2.24) is 9.88 Å². The summed E-state index contributed by atoms with van der Waals surface area (Å²) in [7, 11) is 2.02. The Balaban J connectivity index is 1.56. The molecule has 178 valence electrons. The fourth-order valence-electron chi connectivity index (χ4n) is 4.15. The van der Waals surface area contributed by atoms with E-state index in [2.05, 4.69) is 20.5 Å². The second-order valence-electron chi connectivity index (χ2n) is 8.29. The number of carbonyl (C=O) groups excluding carboxylic acids is 1. The van der Waals surface area contributed by atoms with Crippen LogP contribution in [0.1, 0.15) is 37.3 Å². The third-order valence-corrected chi connectivity index (χ3v) is 6.61. The van der Waals surface area contributed by atoms with Crippen LogP contribution in [0.4, 0.5) is 0 Å². The number of rotatable bonds is 10. The molecule has 0 saturated carbocycles. The van der Waals surface area contributed by atoms with Gasteiger partial charge >= 0.3 is 0 Å². The summed E-state index contributed by atoms with van der Waals surface area (Å²) in [4.78, 5) is 11.8. The maximum atomic E-state index is 11.8. The number of amides is 1. The first-order valence-electron chi connectivity index (χ1n) is 11.5. The Morgan fingerprint density at radius 3 is 2.71 bits per heavy atom. The number of furan rings is 1. The van der Waals surface area contributed by atoms with Crippen molar-refractivity contribution < 1.29 is 13.8 Å². The summed E-state index contributed by atoms with van der Waals surface area (Å²) in [5.41, 5.74) is 8.31. The summed E-state index contributed by atoms with van der Waals surface area (Å²) < 4.78 is 10.3. The lowest BCUT2D eigenvalue weighted by Gasteiger charge is -2.04. The van der Waals surface area contributed by atoms with Crippen molar-refractivity contribution in [3.63, 3.8) is 0 Å². The molecule has 2 aromatic carbocycles. The maximum absolute atomic E-state index is 11.8. The zero-order valence-corrected chi connectivity index (χ0v) is 20.7. The number of aromatic nitrogens is 2. The highest BCUT2D eigenvalue weighted by atomic mass is 35.5. The number of hydrogen-bond donors (Lipinski definition) is 2. The van der Waals surface area contributed by atoms with Crippen LogP contribution in [0.5, 0.6) is 0 Å². The lowest BCUT2D eigenvalue weighted by molar-refractivity contribution is -0.647. The van der Waals surface area contributed by atoms with Gasteiger partial charge in [-0.25, -0.2) is 9.13 Å². The largest absolute Gasteiger partial charge is 0.457 e. The van der Waals surface area contributed by atoms with E-state index in [-0.39, 0.29) is 5.91 Å². The minimum atomic E-state index is 0.0548. The van der Waals surface area contributed by atoms with Crippen molar-refractivity contribution in [3.8, 4) is 0 Å². The highest BCUT2D eigenvalue weighted by Gasteiger charge is 2.22. The summed E-state index contributed by atoms with van der Waals surface area (Å²) in [5, 5.41) is 4.94. The van der Waals surface area contributed by atoms with Crippen LogP contribution in [0.15, 0.2) is 46.9 Å². The second-order valence-corrected chi connectivity index (χ2v) is 9.11. The van der Waals surface area contributed by atoms with Crippen LogP contribution in [0.2, 0.25) is 10.0 Å². The predicted octanol–water partition coefficient (Wildman–Crippen LogP) is 5.32. The average molecular weight is 500 g/mol. The standard InChI is InChI=1S/C26H28Cl2N4O2/c1-31-22-16-20(27)21(28)17-23(22)32(14-6-2-3-9-25(33)30-13-12-29)26(31)11-10-19-15-18-7-4-5-8-24(18)34-19/h4-5,7-8,10-11,15-17H,2-3,6,9,12-14,29H2,1H3/p+1/b11-10+. The molecule has 34 heavy (non-hydrogen) atoms. The number of imidazole rings is 1. The molecular formula is C26H29Cl2N4O2+. The van der Waals surface area contributed by atoms with Crippen LogP contribution in [0.25, 0.3) is 34.2 Å². The number of benzene rings is 2. The lowest BCUT2D eigenvalue weighted by atomic mass is 10.2. The van der Waals surface area contributed by atoms with Gasteiger partial charge in [0, 0.05) is 43.1 Å². The van der Waals surface area contributed by atoms with Gasteiger partial charge in [0.1, 0.15) is 11.3 Å². The Hall–Kier alpha value is -2.80. The molecule has 0 saturated heterocycles. The van der Waals surface area contributed by atoms with Gasteiger partial charge in [0.15, 0.2) is 11.0 Å². The van der Waals surface area contributed by atoms with Crippen molar-refractivity contribution in [2.24, 2.45) is 12.8 Å². The number of carbonyl (C=O) groups is 1. The van der Waals surface area contributed by atoms with Gasteiger partial charge in [-0.05, 0) is 37.5 Å². The summed E-state index contributed by atoms with van der Waals surface area (Å²) in [6.07, 6.45) is 7.25. The molecule has 0 aliphatic rings. The first-order chi connectivity index (χ1) is 16.5. The van der Waals surface area contributed by atoms with E-state index in [0.717, 1.165) is 59.4 Å². The van der Waals surface area contributed by atoms with Gasteiger partial charge in [-0.1, -0.05) is 41.4 Å². The van der Waals surface area contributed by atoms with Crippen molar-refractivity contribution in [3.05, 3.63) is 64.1 Å². The Labute approximate surface area is 208 Å². The van der Waals surface area contributed by atoms with E-state index in [1.165, 1.54) is 0 Å². The van der Waals surface area contributed by atoms with E-state index >= 15 is 0 Å². The average Bonchev–Trinajstić information content (AvgIpc) is 3.35. The van der Waals surface area contributed by atoms with Crippen molar-refractivity contribution in [2.75, 3.05) is 13.1 Å². The van der Waals surface area contributed by atoms with Crippen LogP contribution in [0, 0.1) is 0 Å². The van der Waals surface area contributed by atoms with Crippen molar-refractivity contribution >= 4 is 63.3 Å². The number of unbranched alkanes of at least 4 members (excludes halogenated alkanes) is 2. The summed E-state index contributed by atoms with van der Waals surface area (Å²) in [6, 6.07) is 13.8. The molecule has 0 radical (unpaired) electrons. The topological polar surface area (TPSA) is 77.1 Å². The van der Waals surface area contributed by atoms with Crippen molar-refractivity contribution in [1.29, 1.82) is 0 Å². The lowest BCUT2D eigenvalue weighted by Crippen LogP contribution is -2.31. The number of nitrogens with two attached hydrogens (primary N) is 1. The molecule has 0 aliphatic heterocycles. The van der Waals surface area contributed by atoms with Gasteiger partial charge in [0.2, 0.25) is 5.91 Å². The van der Waals surface area contributed by atoms with Gasteiger partial charge < -0.3 is 15.5 Å². The molecule has 6 nitrogen and oxygen atoms in total. The van der Waals surface area contributed by atoms with E-state index in [1.807, 2.05) is 55.6 Å². The highest BCUT2D eigenvalue weighted by Crippen LogP contribution is 2.28. The molecule has 0 spiro atoms. The van der Waals surface area contributed by atoms with Gasteiger partial charge in [-0.15, -0.1) is 0 Å². The molecule has 1 amide bonds. The minimum Gasteiger partial charge on any atom is -0.457 e. The molecule has 0 fully saturated rings. The SMILES string of the molecule is C[n+]1c(/C=C/c2cc3ccccc3o2)n(CCCCCC(=O)NCCN)c2cc(Cl)c(Cl)cc21. The van der Waals surface area contributed by atoms with Crippen LogP contribution in [0.3, 0.4) is 0 Å². The number of nitrogens with one attached hydrogen (secondary N) is 1. The maximum Gasteiger partial charge on any atom is 0.282 e. The summed E-state index contributed by atoms with van der Waals surface area (Å²) in [5.74, 6) is 1.85. The summed E-state index contributed by atoms with van der Waals surface area (Å²) in [6.45, 7) is 1.77. The van der Waals surface area contributed by atoms with E-state index in [4.69, 9.17) is 33.4 Å². The van der Waals surface area contributed by atoms with E-state index in [0.29, 0.717) is 29.6 Å². The molecule has 3 N–H and O–H groups in total. The van der Waals surface area contributed by atoms with E-state index < -0.39 is 0 Å². The Kier molecular flexibility index (Phi) is 7.93. The Morgan fingerprint density at radius 2 is 1.91 bits per heavy atom. The molecule has 4 aromatic rings. The zero-order chi connectivity index (χ0) is 24.1. The first-order valence-corrected chi connectivity index (χ1v) is 12.2. The molecule has 2 aromatic heterocycles. The highest BCUT2D eigenvalue weighted by molar-refractivity contribution is 6.42. The quantitative estimate of drug-likeness (QED) is 0.229. The van der Waals surface area contributed by atoms with Crippen LogP contribution in [-0.4, -0.2) is 23.6 Å². The van der Waals surface area contributed by atoms with Gasteiger partial charge in [0.05, 0.1) is 23.6 Å². The van der Waals surface area contributed by atoms with Crippen LogP contribution >= 0.6 is 23.2 Å². The molecule has 2 heterocycles. The number of para-hydroxylation sites is 1. The van der Waals surface area contributed by atoms with E-state index in [9.17, 15) is 4.79 Å². The Bertz CT molecular complexity index is 1310. The molecule has 8 heteroatoms. The number of hydrogen-bond acceptors (Lipinski definition) is 3. The smallest absolute Gasteiger partial charge is 0.282 e. The van der Waals surface area contributed by atoms with E-state index in [1.54, 1.807) is 0 Å². The molecular weight excluding hydrogens is 471 g/mol. The fourth-order valence-corrected chi connectivity index (χ4v) is 4.46. The molecule has 0 atom stereocenters. The number of nitrogens with zero attached hydrogens (tertiary/aromatic N) is 2. The third-order valence-electron chi connectivity index (χ3n) is 5.88. The van der Waals surface area contributed by atoms with Gasteiger partial charge in [-0.3, -0.25) is 4.79 Å². The monoisotopic (exact) mass is 499 g/mol. The Morgan fingerprint density at radius 1 is 1.12 bits per heavy atom. The van der Waals surface area contributed by atoms with Crippen LogP contribution in [-0.2, 0) is 18.4 Å². The minimum absolute atomic E-state index is 0.0548. The molecule has 0 aliphatic carbocycles. The van der Waals surface area contributed by atoms with Crippen molar-refractivity contribution in [2.45, 2.75) is 32.2 Å². The normalized spacial score (nSPS) is 11.8. The predicted molar refractivity (Wildman–Crippen MR) is 139 cm³/mol.